The van der Waals surface area contributed by atoms with Crippen LogP contribution in [-0.2, 0) is 0 Å². The fraction of sp³-hybridized carbons (Fsp3) is 0.700. The zero-order valence-electron chi connectivity index (χ0n) is 22.0. The quantitative estimate of drug-likeness (QED) is 0.134. The highest BCUT2D eigenvalue weighted by Gasteiger charge is 2.32. The molecule has 2 rings (SSSR count). The SMILES string of the molecule is C=C(CCNCC(C)C)C/C(C(=C)C)=C(C(C)=NC)\C(=C/C(C)C1CCCCC1)C1CC1. The number of rotatable bonds is 13. The molecule has 0 heterocycles. The first kappa shape index (κ1) is 26.8. The summed E-state index contributed by atoms with van der Waals surface area (Å²) in [6.07, 6.45) is 14.2. The molecular formula is C30H50N2. The molecule has 2 aliphatic rings. The zero-order valence-corrected chi connectivity index (χ0v) is 22.0. The van der Waals surface area contributed by atoms with Crippen molar-refractivity contribution < 1.29 is 0 Å². The summed E-state index contributed by atoms with van der Waals surface area (Å²) in [6, 6.07) is 0. The van der Waals surface area contributed by atoms with Crippen molar-refractivity contribution in [3.8, 4) is 0 Å². The molecule has 0 aromatic carbocycles. The monoisotopic (exact) mass is 438 g/mol. The minimum Gasteiger partial charge on any atom is -0.316 e. The summed E-state index contributed by atoms with van der Waals surface area (Å²) in [7, 11) is 1.94. The molecule has 2 aliphatic carbocycles. The highest BCUT2D eigenvalue weighted by atomic mass is 14.8. The first-order valence-electron chi connectivity index (χ1n) is 13.2. The van der Waals surface area contributed by atoms with Gasteiger partial charge in [-0.15, -0.1) is 0 Å². The molecule has 0 bridgehead atoms. The van der Waals surface area contributed by atoms with E-state index in [0.717, 1.165) is 43.1 Å². The Kier molecular flexibility index (Phi) is 11.2. The van der Waals surface area contributed by atoms with Crippen LogP contribution in [0.3, 0.4) is 0 Å². The second kappa shape index (κ2) is 13.3. The third-order valence-electron chi connectivity index (χ3n) is 7.29. The van der Waals surface area contributed by atoms with E-state index in [1.54, 1.807) is 5.57 Å². The summed E-state index contributed by atoms with van der Waals surface area (Å²) >= 11 is 0. The minimum absolute atomic E-state index is 0.639. The molecule has 0 aromatic rings. The van der Waals surface area contributed by atoms with E-state index in [9.17, 15) is 0 Å². The maximum Gasteiger partial charge on any atom is 0.0391 e. The van der Waals surface area contributed by atoms with Crippen molar-refractivity contribution >= 4 is 5.71 Å². The first-order valence-corrected chi connectivity index (χ1v) is 13.2. The number of allylic oxidation sites excluding steroid dienone is 5. The van der Waals surface area contributed by atoms with E-state index in [1.807, 2.05) is 7.05 Å². The Hall–Kier alpha value is -1.41. The molecule has 0 aromatic heterocycles. The van der Waals surface area contributed by atoms with Crippen LogP contribution in [0.25, 0.3) is 0 Å². The Labute approximate surface area is 199 Å². The molecule has 2 nitrogen and oxygen atoms in total. The third kappa shape index (κ3) is 8.50. The van der Waals surface area contributed by atoms with Crippen molar-refractivity contribution in [2.24, 2.45) is 28.7 Å². The Bertz CT molecular complexity index is 724. The smallest absolute Gasteiger partial charge is 0.0391 e. The van der Waals surface area contributed by atoms with Gasteiger partial charge in [0.1, 0.15) is 0 Å². The fourth-order valence-corrected chi connectivity index (χ4v) is 5.06. The Morgan fingerprint density at radius 1 is 1.03 bits per heavy atom. The highest BCUT2D eigenvalue weighted by molar-refractivity contribution is 6.03. The molecule has 1 atom stereocenters. The maximum absolute atomic E-state index is 4.68. The van der Waals surface area contributed by atoms with Gasteiger partial charge >= 0.3 is 0 Å². The van der Waals surface area contributed by atoms with E-state index < -0.39 is 0 Å². The van der Waals surface area contributed by atoms with E-state index in [0.29, 0.717) is 17.8 Å². The van der Waals surface area contributed by atoms with E-state index in [1.165, 1.54) is 61.7 Å². The average Bonchev–Trinajstić information content (AvgIpc) is 3.60. The molecule has 180 valence electrons. The molecule has 0 spiro atoms. The molecule has 32 heavy (non-hydrogen) atoms. The first-order chi connectivity index (χ1) is 15.2. The van der Waals surface area contributed by atoms with Crippen LogP contribution in [-0.4, -0.2) is 25.8 Å². The van der Waals surface area contributed by atoms with Crippen molar-refractivity contribution in [1.82, 2.24) is 5.32 Å². The fourth-order valence-electron chi connectivity index (χ4n) is 5.06. The molecule has 2 heteroatoms. The van der Waals surface area contributed by atoms with E-state index in [4.69, 9.17) is 0 Å². The lowest BCUT2D eigenvalue weighted by Crippen LogP contribution is -2.21. The number of hydrogen-bond acceptors (Lipinski definition) is 2. The van der Waals surface area contributed by atoms with Crippen LogP contribution in [0.2, 0.25) is 0 Å². The summed E-state index contributed by atoms with van der Waals surface area (Å²) in [6.45, 7) is 22.2. The Morgan fingerprint density at radius 3 is 2.22 bits per heavy atom. The summed E-state index contributed by atoms with van der Waals surface area (Å²) in [5.74, 6) is 2.86. The lowest BCUT2D eigenvalue weighted by Gasteiger charge is -2.27. The molecule has 0 radical (unpaired) electrons. The van der Waals surface area contributed by atoms with Crippen LogP contribution in [0, 0.1) is 23.7 Å². The Morgan fingerprint density at radius 2 is 1.69 bits per heavy atom. The molecule has 0 amide bonds. The largest absolute Gasteiger partial charge is 0.316 e. The number of aliphatic imine (C=N–C) groups is 1. The van der Waals surface area contributed by atoms with Gasteiger partial charge in [0.2, 0.25) is 0 Å². The van der Waals surface area contributed by atoms with E-state index in [-0.39, 0.29) is 0 Å². The van der Waals surface area contributed by atoms with Gasteiger partial charge in [-0.3, -0.25) is 4.99 Å². The molecular weight excluding hydrogens is 388 g/mol. The van der Waals surface area contributed by atoms with Gasteiger partial charge in [-0.2, -0.15) is 0 Å². The van der Waals surface area contributed by atoms with Gasteiger partial charge in [-0.05, 0) is 100 Å². The third-order valence-corrected chi connectivity index (χ3v) is 7.29. The number of hydrogen-bond donors (Lipinski definition) is 1. The number of nitrogens with zero attached hydrogens (tertiary/aromatic N) is 1. The van der Waals surface area contributed by atoms with Crippen molar-refractivity contribution in [3.63, 3.8) is 0 Å². The van der Waals surface area contributed by atoms with Gasteiger partial charge in [0.15, 0.2) is 0 Å². The van der Waals surface area contributed by atoms with Gasteiger partial charge in [0, 0.05) is 18.3 Å². The van der Waals surface area contributed by atoms with Crippen molar-refractivity contribution in [1.29, 1.82) is 0 Å². The molecule has 0 saturated heterocycles. The zero-order chi connectivity index (χ0) is 23.7. The van der Waals surface area contributed by atoms with E-state index in [2.05, 4.69) is 64.2 Å². The average molecular weight is 439 g/mol. The van der Waals surface area contributed by atoms with Crippen molar-refractivity contribution in [3.05, 3.63) is 47.1 Å². The Balaban J connectivity index is 2.31. The molecule has 1 N–H and O–H groups in total. The number of nitrogens with one attached hydrogen (secondary N) is 1. The van der Waals surface area contributed by atoms with Crippen LogP contribution in [0.4, 0.5) is 0 Å². The summed E-state index contributed by atoms with van der Waals surface area (Å²) < 4.78 is 0. The normalized spacial score (nSPS) is 20.3. The predicted octanol–water partition coefficient (Wildman–Crippen LogP) is 8.08. The van der Waals surface area contributed by atoms with E-state index >= 15 is 0 Å². The molecule has 1 unspecified atom stereocenters. The molecule has 2 fully saturated rings. The van der Waals surface area contributed by atoms with Gasteiger partial charge < -0.3 is 5.32 Å². The van der Waals surface area contributed by atoms with Crippen LogP contribution < -0.4 is 5.32 Å². The summed E-state index contributed by atoms with van der Waals surface area (Å²) in [5.41, 5.74) is 7.89. The summed E-state index contributed by atoms with van der Waals surface area (Å²) in [4.78, 5) is 4.68. The molecule has 2 saturated carbocycles. The minimum atomic E-state index is 0.639. The van der Waals surface area contributed by atoms with Crippen LogP contribution in [0.15, 0.2) is 52.1 Å². The topological polar surface area (TPSA) is 24.4 Å². The van der Waals surface area contributed by atoms with Crippen molar-refractivity contribution in [2.45, 2.75) is 92.4 Å². The van der Waals surface area contributed by atoms with Crippen LogP contribution >= 0.6 is 0 Å². The second-order valence-corrected chi connectivity index (χ2v) is 10.9. The standard InChI is InChI=1S/C30H50N2/c1-21(2)20-32-17-16-23(5)18-28(22(3)4)30(25(7)31-8)29(27-14-15-27)19-24(6)26-12-10-9-11-13-26/h19,21,24,26-27,32H,3,5,9-18,20H2,1-2,4,6-8H3/b29-19-,30-28+,31-25?. The molecule has 0 aliphatic heterocycles. The van der Waals surface area contributed by atoms with Gasteiger partial charge in [-0.1, -0.05) is 70.4 Å². The lowest BCUT2D eigenvalue weighted by atomic mass is 9.78. The van der Waals surface area contributed by atoms with Gasteiger partial charge in [0.05, 0.1) is 0 Å². The van der Waals surface area contributed by atoms with Crippen LogP contribution in [0.1, 0.15) is 92.4 Å². The maximum atomic E-state index is 4.68. The van der Waals surface area contributed by atoms with Crippen molar-refractivity contribution in [2.75, 3.05) is 20.1 Å². The van der Waals surface area contributed by atoms with Gasteiger partial charge in [0.25, 0.3) is 0 Å². The van der Waals surface area contributed by atoms with Gasteiger partial charge in [-0.25, -0.2) is 0 Å². The van der Waals surface area contributed by atoms with Crippen LogP contribution in [0.5, 0.6) is 0 Å². The summed E-state index contributed by atoms with van der Waals surface area (Å²) in [5, 5.41) is 3.56. The lowest BCUT2D eigenvalue weighted by molar-refractivity contribution is 0.299. The predicted molar refractivity (Wildman–Crippen MR) is 144 cm³/mol. The highest BCUT2D eigenvalue weighted by Crippen LogP contribution is 2.44. The second-order valence-electron chi connectivity index (χ2n) is 10.9.